The van der Waals surface area contributed by atoms with Crippen molar-refractivity contribution in [2.45, 2.75) is 6.92 Å². The number of rotatable bonds is 8. The van der Waals surface area contributed by atoms with Crippen LogP contribution in [0.3, 0.4) is 0 Å². The third kappa shape index (κ3) is 6.21. The summed E-state index contributed by atoms with van der Waals surface area (Å²) in [4.78, 5) is 30.6. The Hall–Kier alpha value is -7.98. The average molecular weight is 739 g/mol. The number of hydrogen-bond acceptors (Lipinski definition) is 9. The monoisotopic (exact) mass is 738 g/mol. The van der Waals surface area contributed by atoms with Crippen molar-refractivity contribution in [3.05, 3.63) is 188 Å². The lowest BCUT2D eigenvalue weighted by Gasteiger charge is -2.25. The first kappa shape index (κ1) is 34.8. The van der Waals surface area contributed by atoms with Gasteiger partial charge in [0.15, 0.2) is 0 Å². The maximum absolute atomic E-state index is 10.1. The topological polar surface area (TPSA) is 131 Å². The Bertz CT molecular complexity index is 2750. The Morgan fingerprint density at radius 1 is 0.632 bits per heavy atom. The summed E-state index contributed by atoms with van der Waals surface area (Å²) in [5.74, 6) is 0.194. The highest BCUT2D eigenvalue weighted by atomic mass is 15.2. The Labute approximate surface area is 329 Å². The van der Waals surface area contributed by atoms with Gasteiger partial charge in [-0.3, -0.25) is 45.6 Å². The highest BCUT2D eigenvalue weighted by Crippen LogP contribution is 2.50. The van der Waals surface area contributed by atoms with Crippen molar-refractivity contribution in [1.29, 1.82) is 10.8 Å². The number of allylic oxidation sites excluding steroid dienone is 4. The molecule has 7 heterocycles. The van der Waals surface area contributed by atoms with Crippen LogP contribution in [0.4, 0.5) is 22.7 Å². The first-order valence-electron chi connectivity index (χ1n) is 18.3. The van der Waals surface area contributed by atoms with Crippen LogP contribution in [0.25, 0.3) is 44.5 Å². The van der Waals surface area contributed by atoms with Crippen LogP contribution in [-0.4, -0.2) is 43.2 Å². The minimum atomic E-state index is 0.194. The van der Waals surface area contributed by atoms with Crippen LogP contribution in [0.5, 0.6) is 0 Å². The van der Waals surface area contributed by atoms with E-state index in [1.54, 1.807) is 43.4 Å². The van der Waals surface area contributed by atoms with Gasteiger partial charge in [-0.25, -0.2) is 0 Å². The molecule has 0 bridgehead atoms. The second-order valence-electron chi connectivity index (χ2n) is 13.4. The molecule has 10 heteroatoms. The van der Waals surface area contributed by atoms with Crippen LogP contribution < -0.4 is 9.80 Å². The van der Waals surface area contributed by atoms with Crippen molar-refractivity contribution in [1.82, 2.24) is 24.9 Å². The van der Waals surface area contributed by atoms with Gasteiger partial charge >= 0.3 is 0 Å². The smallest absolute Gasteiger partial charge is 0.140 e. The lowest BCUT2D eigenvalue weighted by atomic mass is 9.98. The Balaban J connectivity index is 1.28. The lowest BCUT2D eigenvalue weighted by molar-refractivity contribution is 1.24. The fourth-order valence-electron chi connectivity index (χ4n) is 7.50. The van der Waals surface area contributed by atoms with Gasteiger partial charge in [0.1, 0.15) is 17.2 Å². The third-order valence-electron chi connectivity index (χ3n) is 9.98. The average Bonchev–Trinajstić information content (AvgIpc) is 3.73. The SMILES string of the molecule is C=N/C=C(\C=C/C)c1cc(-c2cccnc2)cc(N2C(=N)/C(=C3\C(=N)c4ncccc4N3c3cc(-c4cccnc4)cc(-c4cccnc4)c3)c3cnccc32)c1. The number of benzene rings is 2. The van der Waals surface area contributed by atoms with Crippen molar-refractivity contribution >= 4 is 52.2 Å². The molecule has 0 amide bonds. The Kier molecular flexibility index (Phi) is 8.96. The summed E-state index contributed by atoms with van der Waals surface area (Å²) in [5, 5.41) is 19.8. The van der Waals surface area contributed by atoms with E-state index in [9.17, 15) is 10.8 Å². The second-order valence-corrected chi connectivity index (χ2v) is 13.4. The van der Waals surface area contributed by atoms with Crippen molar-refractivity contribution in [2.75, 3.05) is 9.80 Å². The minimum Gasteiger partial charge on any atom is -0.305 e. The standard InChI is InChI=1S/C47H34N10/c1-3-8-30(25-50-2)34-19-37(33-11-6-16-53-28-33)24-39(23-34)57-41-13-18-54-29-40(41)43(47(57)49)46-44(48)45-42(12-7-17-55-45)56(46)38-21-35(31-9-4-14-51-26-31)20-36(22-38)32-10-5-15-52-27-32/h3-29,48-49H,2H2,1H3/b8-3-,30-25+,46-43+,48-44?,49-47?. The number of pyridine rings is 5. The van der Waals surface area contributed by atoms with E-state index in [4.69, 9.17) is 4.98 Å². The quantitative estimate of drug-likeness (QED) is 0.117. The zero-order chi connectivity index (χ0) is 38.9. The van der Waals surface area contributed by atoms with E-state index >= 15 is 0 Å². The fourth-order valence-corrected chi connectivity index (χ4v) is 7.50. The lowest BCUT2D eigenvalue weighted by Crippen LogP contribution is -2.24. The molecule has 2 aliphatic rings. The van der Waals surface area contributed by atoms with Gasteiger partial charge in [-0.2, -0.15) is 0 Å². The van der Waals surface area contributed by atoms with Gasteiger partial charge < -0.3 is 4.90 Å². The van der Waals surface area contributed by atoms with E-state index in [2.05, 4.69) is 72.9 Å². The molecule has 2 N–H and O–H groups in total. The molecule has 0 radical (unpaired) electrons. The molecule has 57 heavy (non-hydrogen) atoms. The predicted molar refractivity (Wildman–Crippen MR) is 229 cm³/mol. The van der Waals surface area contributed by atoms with E-state index in [1.165, 1.54) is 0 Å². The largest absolute Gasteiger partial charge is 0.305 e. The van der Waals surface area contributed by atoms with Gasteiger partial charge in [-0.05, 0) is 114 Å². The molecule has 0 saturated carbocycles. The molecule has 272 valence electrons. The molecule has 7 aromatic rings. The van der Waals surface area contributed by atoms with E-state index in [1.807, 2.05) is 97.2 Å². The number of nitrogens with zero attached hydrogens (tertiary/aromatic N) is 8. The highest BCUT2D eigenvalue weighted by Gasteiger charge is 2.41. The summed E-state index contributed by atoms with van der Waals surface area (Å²) in [6, 6.07) is 30.1. The summed E-state index contributed by atoms with van der Waals surface area (Å²) in [5.41, 5.74) is 12.9. The van der Waals surface area contributed by atoms with Crippen molar-refractivity contribution in [3.63, 3.8) is 0 Å². The molecule has 0 saturated heterocycles. The first-order valence-corrected chi connectivity index (χ1v) is 18.3. The van der Waals surface area contributed by atoms with Crippen molar-refractivity contribution < 1.29 is 0 Å². The summed E-state index contributed by atoms with van der Waals surface area (Å²) in [6.07, 6.45) is 21.7. The molecule has 0 atom stereocenters. The van der Waals surface area contributed by atoms with Crippen molar-refractivity contribution in [2.24, 2.45) is 4.99 Å². The molecule has 10 nitrogen and oxygen atoms in total. The normalized spacial score (nSPS) is 15.0. The summed E-state index contributed by atoms with van der Waals surface area (Å²) in [6.45, 7) is 5.68. The Morgan fingerprint density at radius 2 is 1.23 bits per heavy atom. The van der Waals surface area contributed by atoms with Crippen LogP contribution in [0.2, 0.25) is 0 Å². The van der Waals surface area contributed by atoms with Gasteiger partial charge in [0.2, 0.25) is 0 Å². The number of amidine groups is 1. The molecular weight excluding hydrogens is 705 g/mol. The van der Waals surface area contributed by atoms with Gasteiger partial charge in [0.05, 0.1) is 22.6 Å². The summed E-state index contributed by atoms with van der Waals surface area (Å²) >= 11 is 0. The molecular formula is C47H34N10. The number of nitrogens with one attached hydrogen (secondary N) is 2. The van der Waals surface area contributed by atoms with Crippen LogP contribution in [0.1, 0.15) is 23.7 Å². The predicted octanol–water partition coefficient (Wildman–Crippen LogP) is 10.3. The number of anilines is 4. The van der Waals surface area contributed by atoms with Crippen LogP contribution in [-0.2, 0) is 0 Å². The van der Waals surface area contributed by atoms with E-state index in [-0.39, 0.29) is 11.5 Å². The van der Waals surface area contributed by atoms with Gasteiger partial charge in [0.25, 0.3) is 0 Å². The van der Waals surface area contributed by atoms with E-state index in [0.717, 1.165) is 72.8 Å². The summed E-state index contributed by atoms with van der Waals surface area (Å²) < 4.78 is 0. The van der Waals surface area contributed by atoms with Gasteiger partial charge in [0, 0.05) is 95.6 Å². The van der Waals surface area contributed by atoms with Crippen LogP contribution in [0.15, 0.2) is 176 Å². The minimum absolute atomic E-state index is 0.194. The molecule has 9 rings (SSSR count). The van der Waals surface area contributed by atoms with Crippen LogP contribution in [0, 0.1) is 10.8 Å². The molecule has 2 aromatic carbocycles. The fraction of sp³-hybridized carbons (Fsp3) is 0.0213. The highest BCUT2D eigenvalue weighted by molar-refractivity contribution is 6.42. The molecule has 5 aromatic heterocycles. The summed E-state index contributed by atoms with van der Waals surface area (Å²) in [7, 11) is 0. The maximum atomic E-state index is 10.1. The third-order valence-corrected chi connectivity index (χ3v) is 9.98. The zero-order valence-corrected chi connectivity index (χ0v) is 30.9. The van der Waals surface area contributed by atoms with Gasteiger partial charge in [-0.15, -0.1) is 0 Å². The molecule has 0 spiro atoms. The van der Waals surface area contributed by atoms with Gasteiger partial charge in [-0.1, -0.05) is 30.4 Å². The Morgan fingerprint density at radius 3 is 1.82 bits per heavy atom. The maximum Gasteiger partial charge on any atom is 0.140 e. The van der Waals surface area contributed by atoms with Crippen molar-refractivity contribution in [3.8, 4) is 33.4 Å². The molecule has 0 unspecified atom stereocenters. The number of fused-ring (bicyclic) bond motifs is 2. The zero-order valence-electron chi connectivity index (χ0n) is 30.9. The molecule has 0 fully saturated rings. The number of aromatic nitrogens is 5. The molecule has 2 aliphatic heterocycles. The first-order chi connectivity index (χ1) is 28.0. The van der Waals surface area contributed by atoms with Crippen LogP contribution >= 0.6 is 0 Å². The number of hydrogen-bond donors (Lipinski definition) is 2. The molecule has 0 aliphatic carbocycles. The second kappa shape index (κ2) is 14.7. The van der Waals surface area contributed by atoms with E-state index < -0.39 is 0 Å². The van der Waals surface area contributed by atoms with E-state index in [0.29, 0.717) is 17.0 Å². The number of aliphatic imine (C=N–C) groups is 1.